The van der Waals surface area contributed by atoms with Gasteiger partial charge in [-0.25, -0.2) is 5.43 Å². The lowest BCUT2D eigenvalue weighted by Crippen LogP contribution is -2.29. The summed E-state index contributed by atoms with van der Waals surface area (Å²) in [4.78, 5) is 4.56. The second-order valence-electron chi connectivity index (χ2n) is 6.02. The van der Waals surface area contributed by atoms with Crippen LogP contribution in [0.15, 0.2) is 36.4 Å². The average molecular weight is 281 g/mol. The second kappa shape index (κ2) is 5.96. The van der Waals surface area contributed by atoms with Gasteiger partial charge in [0.1, 0.15) is 0 Å². The highest BCUT2D eigenvalue weighted by Gasteiger charge is 2.21. The molecule has 1 fully saturated rings. The largest absolute Gasteiger partial charge is 0.271 e. The van der Waals surface area contributed by atoms with Crippen molar-refractivity contribution in [3.63, 3.8) is 0 Å². The van der Waals surface area contributed by atoms with Crippen LogP contribution in [0.25, 0.3) is 0 Å². The summed E-state index contributed by atoms with van der Waals surface area (Å²) >= 11 is 0. The zero-order valence-electron chi connectivity index (χ0n) is 12.8. The molecule has 1 aromatic heterocycles. The molecule has 0 spiro atoms. The fraction of sp³-hybridized carbons (Fsp3) is 0.389. The lowest BCUT2D eigenvalue weighted by atomic mass is 9.79. The molecular formula is C18H23N3. The summed E-state index contributed by atoms with van der Waals surface area (Å²) < 4.78 is 0. The molecule has 1 atom stereocenters. The van der Waals surface area contributed by atoms with Gasteiger partial charge in [0.25, 0.3) is 0 Å². The Hall–Kier alpha value is -1.71. The van der Waals surface area contributed by atoms with Gasteiger partial charge in [0.05, 0.1) is 6.04 Å². The third-order valence-electron chi connectivity index (χ3n) is 4.56. The molecule has 110 valence electrons. The number of pyridine rings is 1. The quantitative estimate of drug-likeness (QED) is 0.666. The Morgan fingerprint density at radius 3 is 2.62 bits per heavy atom. The minimum Gasteiger partial charge on any atom is -0.271 e. The van der Waals surface area contributed by atoms with E-state index >= 15 is 0 Å². The highest BCUT2D eigenvalue weighted by atomic mass is 15.2. The number of hydrogen-bond donors (Lipinski definition) is 2. The van der Waals surface area contributed by atoms with Crippen LogP contribution in [0.3, 0.4) is 0 Å². The number of nitrogens with zero attached hydrogens (tertiary/aromatic N) is 1. The maximum absolute atomic E-state index is 5.84. The maximum Gasteiger partial charge on any atom is 0.0727 e. The molecule has 1 aliphatic carbocycles. The number of hydrogen-bond acceptors (Lipinski definition) is 3. The van der Waals surface area contributed by atoms with Gasteiger partial charge >= 0.3 is 0 Å². The van der Waals surface area contributed by atoms with E-state index in [0.29, 0.717) is 0 Å². The van der Waals surface area contributed by atoms with Gasteiger partial charge in [-0.05, 0) is 55.4 Å². The van der Waals surface area contributed by atoms with Gasteiger partial charge in [0.2, 0.25) is 0 Å². The monoisotopic (exact) mass is 281 g/mol. The van der Waals surface area contributed by atoms with Crippen molar-refractivity contribution in [3.8, 4) is 0 Å². The summed E-state index contributed by atoms with van der Waals surface area (Å²) in [6.07, 6.45) is 3.99. The van der Waals surface area contributed by atoms with E-state index in [1.165, 1.54) is 30.4 Å². The lowest BCUT2D eigenvalue weighted by Gasteiger charge is -2.27. The van der Waals surface area contributed by atoms with Gasteiger partial charge in [-0.15, -0.1) is 0 Å². The molecule has 2 aromatic rings. The van der Waals surface area contributed by atoms with Gasteiger partial charge in [-0.2, -0.15) is 0 Å². The molecule has 1 heterocycles. The number of benzene rings is 1. The van der Waals surface area contributed by atoms with E-state index in [1.807, 2.05) is 19.9 Å². The summed E-state index contributed by atoms with van der Waals surface area (Å²) in [6.45, 7) is 4.06. The number of aryl methyl sites for hydroxylation is 2. The van der Waals surface area contributed by atoms with E-state index in [-0.39, 0.29) is 6.04 Å². The molecule has 0 amide bonds. The van der Waals surface area contributed by atoms with Crippen molar-refractivity contribution in [1.82, 2.24) is 10.4 Å². The molecule has 21 heavy (non-hydrogen) atoms. The normalized spacial score (nSPS) is 16.5. The van der Waals surface area contributed by atoms with Crippen molar-refractivity contribution >= 4 is 0 Å². The average Bonchev–Trinajstić information content (AvgIpc) is 2.40. The van der Waals surface area contributed by atoms with E-state index in [0.717, 1.165) is 22.9 Å². The highest BCUT2D eigenvalue weighted by Crippen LogP contribution is 2.37. The molecule has 0 bridgehead atoms. The molecule has 3 N–H and O–H groups in total. The van der Waals surface area contributed by atoms with Crippen LogP contribution >= 0.6 is 0 Å². The zero-order valence-corrected chi connectivity index (χ0v) is 12.8. The van der Waals surface area contributed by atoms with Gasteiger partial charge in [-0.1, -0.05) is 36.8 Å². The summed E-state index contributed by atoms with van der Waals surface area (Å²) in [7, 11) is 0. The number of rotatable bonds is 4. The Labute approximate surface area is 126 Å². The zero-order chi connectivity index (χ0) is 14.8. The first-order valence-corrected chi connectivity index (χ1v) is 7.69. The predicted octanol–water partition coefficient (Wildman–Crippen LogP) is 3.52. The minimum absolute atomic E-state index is 0.00173. The Morgan fingerprint density at radius 2 is 2.00 bits per heavy atom. The fourth-order valence-electron chi connectivity index (χ4n) is 3.10. The van der Waals surface area contributed by atoms with Gasteiger partial charge < -0.3 is 0 Å². The van der Waals surface area contributed by atoms with Crippen molar-refractivity contribution in [3.05, 3.63) is 64.5 Å². The van der Waals surface area contributed by atoms with Crippen LogP contribution < -0.4 is 11.3 Å². The molecule has 0 aliphatic heterocycles. The first kappa shape index (κ1) is 14.2. The Balaban J connectivity index is 1.95. The topological polar surface area (TPSA) is 50.9 Å². The Kier molecular flexibility index (Phi) is 4.04. The molecule has 3 rings (SSSR count). The molecule has 3 heteroatoms. The van der Waals surface area contributed by atoms with Crippen molar-refractivity contribution < 1.29 is 0 Å². The van der Waals surface area contributed by atoms with Crippen molar-refractivity contribution in [2.45, 2.75) is 45.1 Å². The number of hydrazine groups is 1. The molecule has 1 aromatic carbocycles. The summed E-state index contributed by atoms with van der Waals surface area (Å²) in [5.74, 6) is 6.58. The summed E-state index contributed by atoms with van der Waals surface area (Å²) in [5.41, 5.74) is 8.84. The smallest absolute Gasteiger partial charge is 0.0727 e. The van der Waals surface area contributed by atoms with Crippen LogP contribution in [0.2, 0.25) is 0 Å². The van der Waals surface area contributed by atoms with E-state index in [9.17, 15) is 0 Å². The standard InChI is InChI=1S/C18H23N3/c1-12-9-10-17(13(2)20-12)18(21-19)16-8-4-7-15(11-16)14-5-3-6-14/h4,7-11,14,18,21H,3,5-6,19H2,1-2H3. The third-order valence-corrected chi connectivity index (χ3v) is 4.56. The molecular weight excluding hydrogens is 258 g/mol. The molecule has 1 saturated carbocycles. The van der Waals surface area contributed by atoms with Gasteiger partial charge in [0.15, 0.2) is 0 Å². The summed E-state index contributed by atoms with van der Waals surface area (Å²) in [6, 6.07) is 13.0. The van der Waals surface area contributed by atoms with Crippen LogP contribution in [0, 0.1) is 13.8 Å². The first-order chi connectivity index (χ1) is 10.2. The number of nitrogens with two attached hydrogens (primary N) is 1. The van der Waals surface area contributed by atoms with Crippen molar-refractivity contribution in [1.29, 1.82) is 0 Å². The van der Waals surface area contributed by atoms with E-state index in [2.05, 4.69) is 40.7 Å². The van der Waals surface area contributed by atoms with Crippen LogP contribution in [-0.2, 0) is 0 Å². The van der Waals surface area contributed by atoms with Crippen LogP contribution in [0.1, 0.15) is 59.3 Å². The third kappa shape index (κ3) is 2.85. The molecule has 1 unspecified atom stereocenters. The Bertz CT molecular complexity index is 632. The Morgan fingerprint density at radius 1 is 1.19 bits per heavy atom. The van der Waals surface area contributed by atoms with Gasteiger partial charge in [0, 0.05) is 11.4 Å². The van der Waals surface area contributed by atoms with Gasteiger partial charge in [-0.3, -0.25) is 10.8 Å². The molecule has 3 nitrogen and oxygen atoms in total. The fourth-order valence-corrected chi connectivity index (χ4v) is 3.10. The molecule has 0 radical (unpaired) electrons. The maximum atomic E-state index is 5.84. The van der Waals surface area contributed by atoms with Crippen molar-refractivity contribution in [2.24, 2.45) is 5.84 Å². The van der Waals surface area contributed by atoms with E-state index in [4.69, 9.17) is 5.84 Å². The van der Waals surface area contributed by atoms with Crippen LogP contribution in [-0.4, -0.2) is 4.98 Å². The number of aromatic nitrogens is 1. The predicted molar refractivity (Wildman–Crippen MR) is 85.9 cm³/mol. The molecule has 1 aliphatic rings. The van der Waals surface area contributed by atoms with Crippen molar-refractivity contribution in [2.75, 3.05) is 0 Å². The molecule has 0 saturated heterocycles. The van der Waals surface area contributed by atoms with E-state index in [1.54, 1.807) is 0 Å². The lowest BCUT2D eigenvalue weighted by molar-refractivity contribution is 0.419. The van der Waals surface area contributed by atoms with Crippen LogP contribution in [0.5, 0.6) is 0 Å². The van der Waals surface area contributed by atoms with Crippen LogP contribution in [0.4, 0.5) is 0 Å². The summed E-state index contributed by atoms with van der Waals surface area (Å²) in [5, 5.41) is 0. The first-order valence-electron chi connectivity index (χ1n) is 7.69. The van der Waals surface area contributed by atoms with E-state index < -0.39 is 0 Å². The number of nitrogens with one attached hydrogen (secondary N) is 1. The minimum atomic E-state index is -0.00173. The highest BCUT2D eigenvalue weighted by molar-refractivity contribution is 5.37. The SMILES string of the molecule is Cc1ccc(C(NN)c2cccc(C3CCC3)c2)c(C)n1. The second-order valence-corrected chi connectivity index (χ2v) is 6.02.